The number of carbonyl (C=O) groups excluding carboxylic acids is 1. The Morgan fingerprint density at radius 1 is 0.929 bits per heavy atom. The molecule has 0 radical (unpaired) electrons. The number of ether oxygens (including phenoxy) is 4. The summed E-state index contributed by atoms with van der Waals surface area (Å²) in [6.45, 7) is 0. The average Bonchev–Trinajstić information content (AvgIpc) is 2.66. The first-order chi connectivity index (χ1) is 13.3. The first kappa shape index (κ1) is 20.9. The molecule has 0 aromatic heterocycles. The zero-order valence-corrected chi connectivity index (χ0v) is 15.3. The molecule has 0 saturated carbocycles. The molecule has 0 aliphatic carbocycles. The number of anilines is 1. The Balaban J connectivity index is 2.09. The first-order valence-corrected chi connectivity index (χ1v) is 7.90. The number of alkyl halides is 3. The van der Waals surface area contributed by atoms with Crippen molar-refractivity contribution >= 4 is 17.7 Å². The van der Waals surface area contributed by atoms with E-state index in [0.29, 0.717) is 28.5 Å². The van der Waals surface area contributed by atoms with Crippen LogP contribution in [0.25, 0.3) is 6.08 Å². The lowest BCUT2D eigenvalue weighted by Gasteiger charge is -2.12. The molecular weight excluding hydrogens is 379 g/mol. The summed E-state index contributed by atoms with van der Waals surface area (Å²) in [4.78, 5) is 12.1. The van der Waals surface area contributed by atoms with E-state index in [1.165, 1.54) is 45.6 Å². The van der Waals surface area contributed by atoms with E-state index in [1.807, 2.05) is 0 Å². The molecule has 0 fully saturated rings. The number of methoxy groups -OCH3 is 3. The van der Waals surface area contributed by atoms with Gasteiger partial charge in [0.05, 0.1) is 21.3 Å². The summed E-state index contributed by atoms with van der Waals surface area (Å²) in [6.07, 6.45) is -2.01. The Labute approximate surface area is 159 Å². The minimum atomic E-state index is -4.77. The molecule has 0 aliphatic heterocycles. The Kier molecular flexibility index (Phi) is 6.75. The highest BCUT2D eigenvalue weighted by Crippen LogP contribution is 2.35. The van der Waals surface area contributed by atoms with Crippen molar-refractivity contribution in [3.05, 3.63) is 48.0 Å². The zero-order chi connectivity index (χ0) is 20.7. The number of amides is 1. The molecule has 0 heterocycles. The third kappa shape index (κ3) is 5.83. The largest absolute Gasteiger partial charge is 0.573 e. The van der Waals surface area contributed by atoms with Gasteiger partial charge in [-0.25, -0.2) is 0 Å². The Bertz CT molecular complexity index is 848. The van der Waals surface area contributed by atoms with Gasteiger partial charge >= 0.3 is 6.36 Å². The second-order valence-corrected chi connectivity index (χ2v) is 5.34. The van der Waals surface area contributed by atoms with Crippen molar-refractivity contribution in [2.75, 3.05) is 26.6 Å². The predicted octanol–water partition coefficient (Wildman–Crippen LogP) is 4.26. The molecule has 2 aromatic carbocycles. The molecule has 2 aromatic rings. The van der Waals surface area contributed by atoms with Crippen LogP contribution in [-0.2, 0) is 4.79 Å². The molecule has 2 rings (SSSR count). The molecule has 0 saturated heterocycles. The first-order valence-electron chi connectivity index (χ1n) is 7.90. The molecule has 0 aliphatic rings. The molecule has 0 bridgehead atoms. The van der Waals surface area contributed by atoms with Crippen molar-refractivity contribution in [3.63, 3.8) is 0 Å². The maximum Gasteiger partial charge on any atom is 0.573 e. The Morgan fingerprint density at radius 2 is 1.50 bits per heavy atom. The summed E-state index contributed by atoms with van der Waals surface area (Å²) < 4.78 is 55.9. The van der Waals surface area contributed by atoms with Crippen molar-refractivity contribution in [2.45, 2.75) is 6.36 Å². The smallest absolute Gasteiger partial charge is 0.496 e. The highest BCUT2D eigenvalue weighted by Gasteiger charge is 2.30. The van der Waals surface area contributed by atoms with Crippen molar-refractivity contribution in [2.24, 2.45) is 0 Å². The van der Waals surface area contributed by atoms with Gasteiger partial charge in [0.2, 0.25) is 5.91 Å². The van der Waals surface area contributed by atoms with E-state index in [-0.39, 0.29) is 5.75 Å². The van der Waals surface area contributed by atoms with Crippen molar-refractivity contribution in [1.29, 1.82) is 0 Å². The van der Waals surface area contributed by atoms with Gasteiger partial charge in [0.1, 0.15) is 11.5 Å². The number of hydrogen-bond donors (Lipinski definition) is 1. The van der Waals surface area contributed by atoms with Gasteiger partial charge in [0, 0.05) is 23.4 Å². The van der Waals surface area contributed by atoms with Crippen LogP contribution in [0.3, 0.4) is 0 Å². The molecule has 0 atom stereocenters. The van der Waals surface area contributed by atoms with E-state index in [9.17, 15) is 18.0 Å². The van der Waals surface area contributed by atoms with E-state index in [1.54, 1.807) is 12.1 Å². The lowest BCUT2D eigenvalue weighted by atomic mass is 10.1. The third-order valence-electron chi connectivity index (χ3n) is 3.51. The third-order valence-corrected chi connectivity index (χ3v) is 3.51. The van der Waals surface area contributed by atoms with Crippen molar-refractivity contribution in [3.8, 4) is 23.0 Å². The molecule has 9 heteroatoms. The van der Waals surface area contributed by atoms with Gasteiger partial charge < -0.3 is 24.3 Å². The van der Waals surface area contributed by atoms with Crippen LogP contribution >= 0.6 is 0 Å². The lowest BCUT2D eigenvalue weighted by Crippen LogP contribution is -2.17. The Morgan fingerprint density at radius 3 is 2.04 bits per heavy atom. The number of halogens is 3. The van der Waals surface area contributed by atoms with E-state index >= 15 is 0 Å². The molecule has 6 nitrogen and oxygen atoms in total. The minimum absolute atomic E-state index is 0.309. The van der Waals surface area contributed by atoms with Gasteiger partial charge in [0.15, 0.2) is 11.5 Å². The van der Waals surface area contributed by atoms with Gasteiger partial charge in [0.25, 0.3) is 0 Å². The number of hydrogen-bond acceptors (Lipinski definition) is 5. The Hall–Kier alpha value is -3.36. The van der Waals surface area contributed by atoms with Crippen LogP contribution < -0.4 is 24.3 Å². The second-order valence-electron chi connectivity index (χ2n) is 5.34. The fraction of sp³-hybridized carbons (Fsp3) is 0.211. The molecule has 0 unspecified atom stereocenters. The maximum atomic E-state index is 12.1. The fourth-order valence-electron chi connectivity index (χ4n) is 2.27. The minimum Gasteiger partial charge on any atom is -0.496 e. The summed E-state index contributed by atoms with van der Waals surface area (Å²) in [5, 5.41) is 2.53. The zero-order valence-electron chi connectivity index (χ0n) is 15.3. The summed E-state index contributed by atoms with van der Waals surface area (Å²) in [6, 6.07) is 8.06. The van der Waals surface area contributed by atoms with Crippen LogP contribution in [0.1, 0.15) is 5.56 Å². The fourth-order valence-corrected chi connectivity index (χ4v) is 2.27. The SMILES string of the molecule is COc1cc(OC)c(OC)cc1/C=C/C(=O)Nc1ccc(OC(F)(F)F)cc1. The van der Waals surface area contributed by atoms with E-state index < -0.39 is 12.3 Å². The number of benzene rings is 2. The quantitative estimate of drug-likeness (QED) is 0.707. The van der Waals surface area contributed by atoms with Crippen molar-refractivity contribution < 1.29 is 36.9 Å². The highest BCUT2D eigenvalue weighted by molar-refractivity contribution is 6.02. The standard InChI is InChI=1S/C19H18F3NO5/c1-25-15-11-17(27-3)16(26-2)10-12(15)4-9-18(24)23-13-5-7-14(8-6-13)28-19(20,21)22/h4-11H,1-3H3,(H,23,24)/b9-4+. The summed E-state index contributed by atoms with van der Waals surface area (Å²) >= 11 is 0. The molecule has 1 N–H and O–H groups in total. The molecule has 150 valence electrons. The summed E-state index contributed by atoms with van der Waals surface area (Å²) in [5.41, 5.74) is 0.882. The van der Waals surface area contributed by atoms with Crippen LogP contribution in [0.15, 0.2) is 42.5 Å². The van der Waals surface area contributed by atoms with E-state index in [0.717, 1.165) is 12.1 Å². The molecule has 1 amide bonds. The molecule has 28 heavy (non-hydrogen) atoms. The molecule has 0 spiro atoms. The summed E-state index contributed by atoms with van der Waals surface area (Å²) in [7, 11) is 4.45. The van der Waals surface area contributed by atoms with E-state index in [2.05, 4.69) is 10.1 Å². The van der Waals surface area contributed by atoms with Crippen molar-refractivity contribution in [1.82, 2.24) is 0 Å². The van der Waals surface area contributed by atoms with Gasteiger partial charge in [-0.3, -0.25) is 4.79 Å². The van der Waals surface area contributed by atoms with Gasteiger partial charge in [-0.1, -0.05) is 0 Å². The van der Waals surface area contributed by atoms with Crippen LogP contribution in [0.2, 0.25) is 0 Å². The number of carbonyl (C=O) groups is 1. The lowest BCUT2D eigenvalue weighted by molar-refractivity contribution is -0.274. The van der Waals surface area contributed by atoms with Gasteiger partial charge in [-0.2, -0.15) is 0 Å². The normalized spacial score (nSPS) is 11.2. The predicted molar refractivity (Wildman–Crippen MR) is 96.9 cm³/mol. The maximum absolute atomic E-state index is 12.1. The second kappa shape index (κ2) is 9.03. The number of rotatable bonds is 7. The van der Waals surface area contributed by atoms with Crippen LogP contribution in [-0.4, -0.2) is 33.6 Å². The average molecular weight is 397 g/mol. The van der Waals surface area contributed by atoms with Crippen LogP contribution in [0.4, 0.5) is 18.9 Å². The highest BCUT2D eigenvalue weighted by atomic mass is 19.4. The van der Waals surface area contributed by atoms with Gasteiger partial charge in [-0.05, 0) is 36.4 Å². The van der Waals surface area contributed by atoms with E-state index in [4.69, 9.17) is 14.2 Å². The van der Waals surface area contributed by atoms with Crippen LogP contribution in [0, 0.1) is 0 Å². The summed E-state index contributed by atoms with van der Waals surface area (Å²) in [5.74, 6) is 0.540. The topological polar surface area (TPSA) is 66.0 Å². The monoisotopic (exact) mass is 397 g/mol. The van der Waals surface area contributed by atoms with Crippen LogP contribution in [0.5, 0.6) is 23.0 Å². The number of nitrogens with one attached hydrogen (secondary N) is 1. The molecular formula is C19H18F3NO5. The van der Waals surface area contributed by atoms with Gasteiger partial charge in [-0.15, -0.1) is 13.2 Å².